The number of hydrogen-bond acceptors (Lipinski definition) is 3. The molecule has 0 amide bonds. The van der Waals surface area contributed by atoms with E-state index in [1.165, 1.54) is 5.56 Å². The van der Waals surface area contributed by atoms with Gasteiger partial charge in [0.2, 0.25) is 0 Å². The summed E-state index contributed by atoms with van der Waals surface area (Å²) in [5, 5.41) is 3.42. The van der Waals surface area contributed by atoms with Gasteiger partial charge in [-0.2, -0.15) is 0 Å². The van der Waals surface area contributed by atoms with Crippen LogP contribution in [0.25, 0.3) is 0 Å². The zero-order valence-corrected chi connectivity index (χ0v) is 13.2. The summed E-state index contributed by atoms with van der Waals surface area (Å²) >= 11 is 3.48. The summed E-state index contributed by atoms with van der Waals surface area (Å²) in [5.41, 5.74) is 2.36. The molecular weight excluding hydrogens is 318 g/mol. The van der Waals surface area contributed by atoms with E-state index in [0.29, 0.717) is 0 Å². The van der Waals surface area contributed by atoms with Gasteiger partial charge in [0.15, 0.2) is 0 Å². The molecule has 1 N–H and O–H groups in total. The lowest BCUT2D eigenvalue weighted by atomic mass is 10.1. The Morgan fingerprint density at radius 2 is 1.85 bits per heavy atom. The Hall–Kier alpha value is -1.52. The predicted molar refractivity (Wildman–Crippen MR) is 84.2 cm³/mol. The molecule has 2 aromatic carbocycles. The van der Waals surface area contributed by atoms with Crippen LogP contribution in [-0.4, -0.2) is 14.2 Å². The summed E-state index contributed by atoms with van der Waals surface area (Å²) in [6, 6.07) is 14.1. The summed E-state index contributed by atoms with van der Waals surface area (Å²) in [7, 11) is 3.33. The molecule has 0 spiro atoms. The molecule has 0 heterocycles. The van der Waals surface area contributed by atoms with Crippen molar-refractivity contribution in [3.05, 3.63) is 58.1 Å². The van der Waals surface area contributed by atoms with Crippen LogP contribution >= 0.6 is 15.9 Å². The van der Waals surface area contributed by atoms with E-state index in [-0.39, 0.29) is 0 Å². The Morgan fingerprint density at radius 1 is 1.00 bits per heavy atom. The molecule has 0 atom stereocenters. The first-order valence-electron chi connectivity index (χ1n) is 6.39. The minimum Gasteiger partial charge on any atom is -0.497 e. The van der Waals surface area contributed by atoms with Gasteiger partial charge in [-0.3, -0.25) is 0 Å². The molecule has 0 saturated heterocycles. The fourth-order valence-electron chi connectivity index (χ4n) is 1.99. The van der Waals surface area contributed by atoms with Crippen molar-refractivity contribution in [2.45, 2.75) is 13.1 Å². The van der Waals surface area contributed by atoms with Gasteiger partial charge in [-0.15, -0.1) is 0 Å². The Labute approximate surface area is 128 Å². The van der Waals surface area contributed by atoms with Gasteiger partial charge in [0.1, 0.15) is 11.5 Å². The topological polar surface area (TPSA) is 30.5 Å². The number of methoxy groups -OCH3 is 2. The molecule has 2 aromatic rings. The van der Waals surface area contributed by atoms with Crippen LogP contribution < -0.4 is 14.8 Å². The molecule has 20 heavy (non-hydrogen) atoms. The second-order valence-corrected chi connectivity index (χ2v) is 5.33. The van der Waals surface area contributed by atoms with Crippen molar-refractivity contribution in [1.82, 2.24) is 5.32 Å². The van der Waals surface area contributed by atoms with E-state index < -0.39 is 0 Å². The number of halogens is 1. The van der Waals surface area contributed by atoms with Crippen molar-refractivity contribution in [1.29, 1.82) is 0 Å². The number of rotatable bonds is 6. The van der Waals surface area contributed by atoms with Crippen LogP contribution in [0, 0.1) is 0 Å². The van der Waals surface area contributed by atoms with Crippen LogP contribution in [-0.2, 0) is 13.1 Å². The zero-order valence-electron chi connectivity index (χ0n) is 11.7. The second kappa shape index (κ2) is 7.31. The van der Waals surface area contributed by atoms with Gasteiger partial charge < -0.3 is 14.8 Å². The van der Waals surface area contributed by atoms with Gasteiger partial charge in [0.05, 0.1) is 14.2 Å². The number of hydrogen-bond donors (Lipinski definition) is 1. The highest BCUT2D eigenvalue weighted by molar-refractivity contribution is 9.10. The molecule has 0 radical (unpaired) electrons. The lowest BCUT2D eigenvalue weighted by Gasteiger charge is -2.11. The minimum absolute atomic E-state index is 0.750. The Morgan fingerprint density at radius 3 is 2.55 bits per heavy atom. The molecular formula is C16H18BrNO2. The lowest BCUT2D eigenvalue weighted by molar-refractivity contribution is 0.390. The molecule has 2 rings (SSSR count). The molecule has 0 bridgehead atoms. The number of benzene rings is 2. The van der Waals surface area contributed by atoms with Gasteiger partial charge >= 0.3 is 0 Å². The van der Waals surface area contributed by atoms with E-state index in [1.807, 2.05) is 30.3 Å². The maximum Gasteiger partial charge on any atom is 0.127 e. The Kier molecular flexibility index (Phi) is 5.44. The average Bonchev–Trinajstić information content (AvgIpc) is 2.47. The summed E-state index contributed by atoms with van der Waals surface area (Å²) in [6.07, 6.45) is 0. The Bertz CT molecular complexity index is 572. The van der Waals surface area contributed by atoms with Gasteiger partial charge in [0.25, 0.3) is 0 Å². The van der Waals surface area contributed by atoms with Crippen LogP contribution in [0.15, 0.2) is 46.9 Å². The van der Waals surface area contributed by atoms with Crippen molar-refractivity contribution in [3.8, 4) is 11.5 Å². The van der Waals surface area contributed by atoms with Gasteiger partial charge in [-0.1, -0.05) is 34.1 Å². The first-order valence-corrected chi connectivity index (χ1v) is 7.18. The summed E-state index contributed by atoms with van der Waals surface area (Å²) < 4.78 is 11.7. The quantitative estimate of drug-likeness (QED) is 0.871. The van der Waals surface area contributed by atoms with Gasteiger partial charge in [-0.05, 0) is 23.8 Å². The highest BCUT2D eigenvalue weighted by atomic mass is 79.9. The average molecular weight is 336 g/mol. The van der Waals surface area contributed by atoms with E-state index in [2.05, 4.69) is 33.4 Å². The molecule has 0 aliphatic rings. The smallest absolute Gasteiger partial charge is 0.127 e. The van der Waals surface area contributed by atoms with Crippen LogP contribution in [0.1, 0.15) is 11.1 Å². The molecule has 3 nitrogen and oxygen atoms in total. The Balaban J connectivity index is 1.97. The third kappa shape index (κ3) is 3.99. The molecule has 0 saturated carbocycles. The normalized spacial score (nSPS) is 10.3. The number of ether oxygens (including phenoxy) is 2. The largest absolute Gasteiger partial charge is 0.497 e. The van der Waals surface area contributed by atoms with Crippen LogP contribution in [0.2, 0.25) is 0 Å². The van der Waals surface area contributed by atoms with Crippen LogP contribution in [0.4, 0.5) is 0 Å². The fraction of sp³-hybridized carbons (Fsp3) is 0.250. The van der Waals surface area contributed by atoms with E-state index in [1.54, 1.807) is 14.2 Å². The molecule has 106 valence electrons. The molecule has 4 heteroatoms. The molecule has 0 aliphatic carbocycles. The van der Waals surface area contributed by atoms with Crippen molar-refractivity contribution in [2.75, 3.05) is 14.2 Å². The first-order chi connectivity index (χ1) is 9.72. The maximum absolute atomic E-state index is 5.38. The first kappa shape index (κ1) is 14.9. The van der Waals surface area contributed by atoms with Crippen LogP contribution in [0.5, 0.6) is 11.5 Å². The highest BCUT2D eigenvalue weighted by Gasteiger charge is 2.04. The van der Waals surface area contributed by atoms with Gasteiger partial charge in [-0.25, -0.2) is 0 Å². The third-order valence-corrected chi connectivity index (χ3v) is 3.52. The molecule has 0 aliphatic heterocycles. The highest BCUT2D eigenvalue weighted by Crippen LogP contribution is 2.24. The summed E-state index contributed by atoms with van der Waals surface area (Å²) in [5.74, 6) is 1.64. The van der Waals surface area contributed by atoms with Crippen molar-refractivity contribution < 1.29 is 9.47 Å². The van der Waals surface area contributed by atoms with E-state index >= 15 is 0 Å². The van der Waals surface area contributed by atoms with E-state index in [4.69, 9.17) is 9.47 Å². The SMILES string of the molecule is COc1ccc(CNCc2cccc(Br)c2)c(OC)c1. The molecule has 0 aromatic heterocycles. The minimum atomic E-state index is 0.750. The number of nitrogens with one attached hydrogen (secondary N) is 1. The van der Waals surface area contributed by atoms with Crippen molar-refractivity contribution in [2.24, 2.45) is 0 Å². The fourth-order valence-corrected chi connectivity index (χ4v) is 2.43. The third-order valence-electron chi connectivity index (χ3n) is 3.03. The van der Waals surface area contributed by atoms with Crippen molar-refractivity contribution >= 4 is 15.9 Å². The summed E-state index contributed by atoms with van der Waals surface area (Å²) in [4.78, 5) is 0. The molecule has 0 unspecified atom stereocenters. The second-order valence-electron chi connectivity index (χ2n) is 4.41. The van der Waals surface area contributed by atoms with E-state index in [0.717, 1.165) is 34.6 Å². The standard InChI is InChI=1S/C16H18BrNO2/c1-19-15-7-6-13(16(9-15)20-2)11-18-10-12-4-3-5-14(17)8-12/h3-9,18H,10-11H2,1-2H3. The van der Waals surface area contributed by atoms with E-state index in [9.17, 15) is 0 Å². The van der Waals surface area contributed by atoms with Crippen LogP contribution in [0.3, 0.4) is 0 Å². The lowest BCUT2D eigenvalue weighted by Crippen LogP contribution is -2.13. The van der Waals surface area contributed by atoms with Crippen molar-refractivity contribution in [3.63, 3.8) is 0 Å². The van der Waals surface area contributed by atoms with Gasteiger partial charge in [0, 0.05) is 29.2 Å². The maximum atomic E-state index is 5.38. The summed E-state index contributed by atoms with van der Waals surface area (Å²) in [6.45, 7) is 1.56. The molecule has 0 fully saturated rings. The zero-order chi connectivity index (χ0) is 14.4. The monoisotopic (exact) mass is 335 g/mol. The predicted octanol–water partition coefficient (Wildman–Crippen LogP) is 3.76.